The molecule has 0 aliphatic heterocycles. The third kappa shape index (κ3) is 10.3. The lowest BCUT2D eigenvalue weighted by atomic mass is 9.79. The van der Waals surface area contributed by atoms with Crippen LogP contribution in [0.5, 0.6) is 5.75 Å². The minimum atomic E-state index is 0. The van der Waals surface area contributed by atoms with Gasteiger partial charge in [-0.2, -0.15) is 0 Å². The predicted octanol–water partition coefficient (Wildman–Crippen LogP) is 4.27. The second-order valence-electron chi connectivity index (χ2n) is 7.39. The molecule has 0 saturated heterocycles. The van der Waals surface area contributed by atoms with Crippen LogP contribution in [0.25, 0.3) is 0 Å². The zero-order valence-corrected chi connectivity index (χ0v) is 21.8. The first-order valence-electron chi connectivity index (χ1n) is 11.0. The van der Waals surface area contributed by atoms with Gasteiger partial charge in [0.1, 0.15) is 12.4 Å². The molecule has 0 amide bonds. The number of guanidine groups is 1. The average molecular weight is 536 g/mol. The molecule has 0 spiro atoms. The molecule has 0 unspecified atom stereocenters. The highest BCUT2D eigenvalue weighted by Crippen LogP contribution is 2.29. The summed E-state index contributed by atoms with van der Waals surface area (Å²) in [6.07, 6.45) is 2.83. The molecule has 174 valence electrons. The average Bonchev–Trinajstić information content (AvgIpc) is 2.73. The van der Waals surface area contributed by atoms with E-state index in [0.29, 0.717) is 26.4 Å². The molecular formula is C23H42IN3O3. The lowest BCUT2D eigenvalue weighted by Gasteiger charge is -2.32. The molecule has 0 saturated carbocycles. The molecule has 0 aliphatic rings. The predicted molar refractivity (Wildman–Crippen MR) is 136 cm³/mol. The number of hydrogen-bond acceptors (Lipinski definition) is 4. The first-order valence-corrected chi connectivity index (χ1v) is 11.0. The highest BCUT2D eigenvalue weighted by Gasteiger charge is 2.25. The topological polar surface area (TPSA) is 75.1 Å². The van der Waals surface area contributed by atoms with Crippen LogP contribution in [0.4, 0.5) is 0 Å². The molecule has 0 bridgehead atoms. The Morgan fingerprint density at radius 1 is 1.10 bits per heavy atom. The lowest BCUT2D eigenvalue weighted by Crippen LogP contribution is -2.43. The van der Waals surface area contributed by atoms with Gasteiger partial charge in [0.05, 0.1) is 13.2 Å². The van der Waals surface area contributed by atoms with Crippen molar-refractivity contribution in [3.63, 3.8) is 0 Å². The zero-order valence-electron chi connectivity index (χ0n) is 19.4. The van der Waals surface area contributed by atoms with E-state index in [2.05, 4.69) is 56.5 Å². The molecule has 1 rings (SSSR count). The first-order chi connectivity index (χ1) is 14.0. The molecule has 0 fully saturated rings. The number of hydrogen-bond donors (Lipinski definition) is 3. The van der Waals surface area contributed by atoms with Crippen LogP contribution in [-0.4, -0.2) is 50.6 Å². The monoisotopic (exact) mass is 535 g/mol. The summed E-state index contributed by atoms with van der Waals surface area (Å²) in [7, 11) is 0. The van der Waals surface area contributed by atoms with Crippen molar-refractivity contribution in [1.82, 2.24) is 10.6 Å². The zero-order chi connectivity index (χ0) is 21.5. The highest BCUT2D eigenvalue weighted by atomic mass is 127. The number of halogens is 1. The Hall–Kier alpha value is -1.06. The van der Waals surface area contributed by atoms with E-state index in [1.165, 1.54) is 0 Å². The summed E-state index contributed by atoms with van der Waals surface area (Å²) >= 11 is 0. The lowest BCUT2D eigenvalue weighted by molar-refractivity contribution is 0.110. The van der Waals surface area contributed by atoms with Crippen molar-refractivity contribution in [3.05, 3.63) is 29.3 Å². The second-order valence-corrected chi connectivity index (χ2v) is 7.39. The molecule has 7 heteroatoms. The van der Waals surface area contributed by atoms with Gasteiger partial charge < -0.3 is 25.2 Å². The van der Waals surface area contributed by atoms with Gasteiger partial charge in [-0.25, -0.2) is 4.99 Å². The number of aliphatic hydroxyl groups excluding tert-OH is 1. The Morgan fingerprint density at radius 3 is 2.43 bits per heavy atom. The number of nitrogens with one attached hydrogen (secondary N) is 2. The van der Waals surface area contributed by atoms with E-state index in [0.717, 1.165) is 55.2 Å². The first kappa shape index (κ1) is 28.9. The van der Waals surface area contributed by atoms with Gasteiger partial charge in [-0.05, 0) is 57.1 Å². The normalized spacial score (nSPS) is 11.7. The smallest absolute Gasteiger partial charge is 0.191 e. The molecule has 3 N–H and O–H groups in total. The van der Waals surface area contributed by atoms with E-state index in [9.17, 15) is 5.11 Å². The number of ether oxygens (including phenoxy) is 2. The van der Waals surface area contributed by atoms with Gasteiger partial charge in [-0.3, -0.25) is 0 Å². The molecule has 1 aromatic rings. The maximum atomic E-state index is 9.45. The molecule has 0 atom stereocenters. The second kappa shape index (κ2) is 16.6. The molecular weight excluding hydrogens is 493 g/mol. The minimum absolute atomic E-state index is 0. The number of rotatable bonds is 14. The van der Waals surface area contributed by atoms with Gasteiger partial charge in [0.15, 0.2) is 5.96 Å². The Morgan fingerprint density at radius 2 is 1.83 bits per heavy atom. The van der Waals surface area contributed by atoms with E-state index < -0.39 is 0 Å². The molecule has 0 radical (unpaired) electrons. The van der Waals surface area contributed by atoms with E-state index in [1.54, 1.807) is 0 Å². The van der Waals surface area contributed by atoms with E-state index in [1.807, 2.05) is 6.92 Å². The number of aryl methyl sites for hydroxylation is 1. The fourth-order valence-corrected chi connectivity index (χ4v) is 3.24. The third-order valence-corrected chi connectivity index (χ3v) is 5.44. The van der Waals surface area contributed by atoms with E-state index >= 15 is 0 Å². The maximum Gasteiger partial charge on any atom is 0.191 e. The molecule has 0 aliphatic carbocycles. The molecule has 6 nitrogen and oxygen atoms in total. The fourth-order valence-electron chi connectivity index (χ4n) is 3.24. The van der Waals surface area contributed by atoms with Crippen LogP contribution >= 0.6 is 24.0 Å². The number of aliphatic hydroxyl groups is 1. The van der Waals surface area contributed by atoms with Gasteiger partial charge in [-0.15, -0.1) is 24.0 Å². The van der Waals surface area contributed by atoms with Crippen molar-refractivity contribution < 1.29 is 14.6 Å². The van der Waals surface area contributed by atoms with Crippen LogP contribution in [0.1, 0.15) is 58.1 Å². The van der Waals surface area contributed by atoms with Gasteiger partial charge >= 0.3 is 0 Å². The quantitative estimate of drug-likeness (QED) is 0.144. The number of aliphatic imine (C=N–C) groups is 1. The van der Waals surface area contributed by atoms with Crippen LogP contribution in [-0.2, 0) is 11.3 Å². The summed E-state index contributed by atoms with van der Waals surface area (Å²) in [4.78, 5) is 4.77. The summed E-state index contributed by atoms with van der Waals surface area (Å²) in [6.45, 7) is 14.6. The van der Waals surface area contributed by atoms with Crippen molar-refractivity contribution in [2.24, 2.45) is 10.4 Å². The van der Waals surface area contributed by atoms with Crippen molar-refractivity contribution in [3.8, 4) is 5.75 Å². The Bertz CT molecular complexity index is 607. The van der Waals surface area contributed by atoms with Crippen molar-refractivity contribution in [2.75, 3.05) is 39.5 Å². The van der Waals surface area contributed by atoms with Gasteiger partial charge in [-0.1, -0.05) is 26.0 Å². The van der Waals surface area contributed by atoms with Crippen LogP contribution in [0.15, 0.2) is 23.2 Å². The summed E-state index contributed by atoms with van der Waals surface area (Å²) in [6, 6.07) is 6.21. The van der Waals surface area contributed by atoms with Crippen molar-refractivity contribution >= 4 is 29.9 Å². The third-order valence-electron chi connectivity index (χ3n) is 5.44. The van der Waals surface area contributed by atoms with Gasteiger partial charge in [0, 0.05) is 31.9 Å². The molecule has 0 aromatic heterocycles. The van der Waals surface area contributed by atoms with Crippen LogP contribution < -0.4 is 15.4 Å². The Labute approximate surface area is 200 Å². The summed E-state index contributed by atoms with van der Waals surface area (Å²) in [5.74, 6) is 1.65. The standard InChI is InChI=1S/C23H41N3O3.HI/c1-6-23(7-2,12-13-27)18-26-22(24-8-3)25-17-20-11-10-19(5)16-21(20)29-15-14-28-9-4;/h10-11,16,27H,6-9,12-15,17-18H2,1-5H3,(H2,24,25,26);1H. The maximum absolute atomic E-state index is 9.45. The summed E-state index contributed by atoms with van der Waals surface area (Å²) in [5, 5.41) is 16.2. The Kier molecular flexibility index (Phi) is 16.0. The Balaban J connectivity index is 0.00000841. The molecule has 1 aromatic carbocycles. The SMILES string of the molecule is CCNC(=NCc1ccc(C)cc1OCCOCC)NCC(CC)(CC)CCO.I. The van der Waals surface area contributed by atoms with E-state index in [4.69, 9.17) is 14.5 Å². The summed E-state index contributed by atoms with van der Waals surface area (Å²) < 4.78 is 11.3. The highest BCUT2D eigenvalue weighted by molar-refractivity contribution is 14.0. The van der Waals surface area contributed by atoms with Crippen molar-refractivity contribution in [1.29, 1.82) is 0 Å². The van der Waals surface area contributed by atoms with Crippen molar-refractivity contribution in [2.45, 2.75) is 60.4 Å². The summed E-state index contributed by atoms with van der Waals surface area (Å²) in [5.41, 5.74) is 2.30. The minimum Gasteiger partial charge on any atom is -0.491 e. The van der Waals surface area contributed by atoms with Crippen LogP contribution in [0.2, 0.25) is 0 Å². The number of nitrogens with zero attached hydrogens (tertiary/aromatic N) is 1. The van der Waals surface area contributed by atoms with Crippen LogP contribution in [0.3, 0.4) is 0 Å². The molecule has 30 heavy (non-hydrogen) atoms. The molecule has 0 heterocycles. The fraction of sp³-hybridized carbons (Fsp3) is 0.696. The van der Waals surface area contributed by atoms with E-state index in [-0.39, 0.29) is 36.0 Å². The van der Waals surface area contributed by atoms with Gasteiger partial charge in [0.25, 0.3) is 0 Å². The van der Waals surface area contributed by atoms with Gasteiger partial charge in [0.2, 0.25) is 0 Å². The van der Waals surface area contributed by atoms with Crippen LogP contribution in [0, 0.1) is 12.3 Å². The largest absolute Gasteiger partial charge is 0.491 e. The number of benzene rings is 1.